The van der Waals surface area contributed by atoms with Gasteiger partial charge in [-0.2, -0.15) is 12.6 Å². The minimum absolute atomic E-state index is 0.105. The predicted molar refractivity (Wildman–Crippen MR) is 128 cm³/mol. The second-order valence-corrected chi connectivity index (χ2v) is 10.0. The third-order valence-corrected chi connectivity index (χ3v) is 7.20. The molecule has 0 aliphatic carbocycles. The van der Waals surface area contributed by atoms with Crippen LogP contribution in [0, 0.1) is 0 Å². The molecule has 1 saturated heterocycles. The fourth-order valence-corrected chi connectivity index (χ4v) is 5.18. The van der Waals surface area contributed by atoms with E-state index in [2.05, 4.69) is 17.4 Å². The molecule has 1 aliphatic heterocycles. The van der Waals surface area contributed by atoms with Crippen LogP contribution in [0.5, 0.6) is 11.5 Å². The maximum atomic E-state index is 12.9. The molecule has 3 aromatic carbocycles. The van der Waals surface area contributed by atoms with Crippen molar-refractivity contribution in [2.75, 3.05) is 13.1 Å². The Labute approximate surface area is 198 Å². The molecular weight excluding hydrogens is 460 g/mol. The average Bonchev–Trinajstić information content (AvgIpc) is 3.19. The number of nitrogens with one attached hydrogen (secondary N) is 1. The van der Waals surface area contributed by atoms with Crippen LogP contribution in [0.3, 0.4) is 0 Å². The Balaban J connectivity index is 1.34. The van der Waals surface area contributed by atoms with Crippen LogP contribution in [0.2, 0.25) is 0 Å². The molecule has 1 N–H and O–H groups in total. The van der Waals surface area contributed by atoms with Crippen molar-refractivity contribution in [3.05, 3.63) is 90.5 Å². The first-order chi connectivity index (χ1) is 15.9. The monoisotopic (exact) mass is 484 g/mol. The third kappa shape index (κ3) is 6.07. The molecule has 2 atom stereocenters. The molecule has 0 radical (unpaired) electrons. The highest BCUT2D eigenvalue weighted by Gasteiger charge is 2.36. The molecule has 1 heterocycles. The van der Waals surface area contributed by atoms with Crippen LogP contribution in [-0.4, -0.2) is 43.8 Å². The van der Waals surface area contributed by atoms with Gasteiger partial charge in [-0.25, -0.2) is 17.9 Å². The third-order valence-electron chi connectivity index (χ3n) is 5.17. The first-order valence-electron chi connectivity index (χ1n) is 10.4. The highest BCUT2D eigenvalue weighted by molar-refractivity contribution is 7.89. The Morgan fingerprint density at radius 2 is 1.52 bits per heavy atom. The van der Waals surface area contributed by atoms with E-state index in [1.54, 1.807) is 12.1 Å². The number of hydrogen-bond donors (Lipinski definition) is 2. The molecule has 3 aromatic rings. The van der Waals surface area contributed by atoms with E-state index in [9.17, 15) is 13.2 Å². The van der Waals surface area contributed by atoms with Gasteiger partial charge >= 0.3 is 6.09 Å². The number of benzene rings is 3. The van der Waals surface area contributed by atoms with Gasteiger partial charge in [0.15, 0.2) is 0 Å². The number of rotatable bonds is 7. The molecule has 33 heavy (non-hydrogen) atoms. The smallest absolute Gasteiger partial charge is 0.410 e. The molecule has 172 valence electrons. The number of hydrogen-bond acceptors (Lipinski definition) is 6. The Morgan fingerprint density at radius 1 is 0.909 bits per heavy atom. The van der Waals surface area contributed by atoms with Crippen molar-refractivity contribution >= 4 is 28.7 Å². The van der Waals surface area contributed by atoms with Gasteiger partial charge in [0.2, 0.25) is 10.0 Å². The number of likely N-dealkylation sites (tertiary alicyclic amines) is 1. The van der Waals surface area contributed by atoms with E-state index in [0.717, 1.165) is 5.56 Å². The highest BCUT2D eigenvalue weighted by Crippen LogP contribution is 2.24. The van der Waals surface area contributed by atoms with Gasteiger partial charge < -0.3 is 14.4 Å². The number of sulfonamides is 1. The summed E-state index contributed by atoms with van der Waals surface area (Å²) < 4.78 is 39.4. The van der Waals surface area contributed by atoms with E-state index in [0.29, 0.717) is 11.5 Å². The van der Waals surface area contributed by atoms with Crippen molar-refractivity contribution in [1.29, 1.82) is 0 Å². The van der Waals surface area contributed by atoms with E-state index >= 15 is 0 Å². The summed E-state index contributed by atoms with van der Waals surface area (Å²) in [6.45, 7) is 0.616. The fraction of sp³-hybridized carbons (Fsp3) is 0.208. The number of ether oxygens (including phenoxy) is 2. The molecule has 0 bridgehead atoms. The number of amides is 1. The topological polar surface area (TPSA) is 84.9 Å². The van der Waals surface area contributed by atoms with E-state index in [1.807, 2.05) is 60.7 Å². The SMILES string of the molecule is O=C(OCc1ccccc1)N1CC(S)C(NS(=O)(=O)c2ccc(Oc3ccccc3)cc2)C1. The summed E-state index contributed by atoms with van der Waals surface area (Å²) in [4.78, 5) is 14.0. The summed E-state index contributed by atoms with van der Waals surface area (Å²) in [6, 6.07) is 24.2. The summed E-state index contributed by atoms with van der Waals surface area (Å²) >= 11 is 4.48. The molecule has 1 aliphatic rings. The van der Waals surface area contributed by atoms with Crippen molar-refractivity contribution in [1.82, 2.24) is 9.62 Å². The van der Waals surface area contributed by atoms with Gasteiger partial charge in [0.05, 0.1) is 10.9 Å². The molecule has 0 spiro atoms. The number of nitrogens with zero attached hydrogens (tertiary/aromatic N) is 1. The zero-order valence-electron chi connectivity index (χ0n) is 17.7. The first kappa shape index (κ1) is 23.2. The first-order valence-corrected chi connectivity index (χ1v) is 12.4. The van der Waals surface area contributed by atoms with Gasteiger partial charge in [-0.15, -0.1) is 0 Å². The molecule has 7 nitrogen and oxygen atoms in total. The van der Waals surface area contributed by atoms with Gasteiger partial charge in [0, 0.05) is 18.3 Å². The van der Waals surface area contributed by atoms with Crippen molar-refractivity contribution in [2.45, 2.75) is 22.8 Å². The van der Waals surface area contributed by atoms with Gasteiger partial charge in [0.25, 0.3) is 0 Å². The second-order valence-electron chi connectivity index (χ2n) is 7.63. The molecule has 1 fully saturated rings. The van der Waals surface area contributed by atoms with Crippen LogP contribution in [0.4, 0.5) is 4.79 Å². The minimum Gasteiger partial charge on any atom is -0.457 e. The highest BCUT2D eigenvalue weighted by atomic mass is 32.2. The lowest BCUT2D eigenvalue weighted by molar-refractivity contribution is 0.104. The Hall–Kier alpha value is -3.01. The molecule has 9 heteroatoms. The number of thiol groups is 1. The number of carbonyl (C=O) groups is 1. The van der Waals surface area contributed by atoms with Crippen LogP contribution in [0.15, 0.2) is 89.8 Å². The summed E-state index contributed by atoms with van der Waals surface area (Å²) in [5.41, 5.74) is 0.879. The van der Waals surface area contributed by atoms with Crippen LogP contribution >= 0.6 is 12.6 Å². The lowest BCUT2D eigenvalue weighted by Gasteiger charge is -2.17. The fourth-order valence-electron chi connectivity index (χ4n) is 3.44. The maximum Gasteiger partial charge on any atom is 0.410 e. The Bertz CT molecular complexity index is 1170. The van der Waals surface area contributed by atoms with Crippen molar-refractivity contribution < 1.29 is 22.7 Å². The normalized spacial score (nSPS) is 18.2. The number of carbonyl (C=O) groups excluding carboxylic acids is 1. The van der Waals surface area contributed by atoms with E-state index in [1.165, 1.54) is 17.0 Å². The van der Waals surface area contributed by atoms with E-state index in [-0.39, 0.29) is 29.8 Å². The average molecular weight is 485 g/mol. The molecular formula is C24H24N2O5S2. The Morgan fingerprint density at radius 3 is 2.18 bits per heavy atom. The lowest BCUT2D eigenvalue weighted by atomic mass is 10.2. The Kier molecular flexibility index (Phi) is 7.22. The van der Waals surface area contributed by atoms with E-state index < -0.39 is 22.2 Å². The van der Waals surface area contributed by atoms with Gasteiger partial charge in [0.1, 0.15) is 18.1 Å². The standard InChI is InChI=1S/C24H24N2O5S2/c27-24(30-17-18-7-3-1-4-8-18)26-15-22(23(32)16-26)25-33(28,29)21-13-11-20(12-14-21)31-19-9-5-2-6-10-19/h1-14,22-23,25,32H,15-17H2. The largest absolute Gasteiger partial charge is 0.457 e. The van der Waals surface area contributed by atoms with Crippen LogP contribution in [-0.2, 0) is 21.4 Å². The molecule has 0 saturated carbocycles. The van der Waals surface area contributed by atoms with Crippen molar-refractivity contribution in [2.24, 2.45) is 0 Å². The lowest BCUT2D eigenvalue weighted by Crippen LogP contribution is -2.41. The minimum atomic E-state index is -3.80. The quantitative estimate of drug-likeness (QED) is 0.494. The zero-order chi connectivity index (χ0) is 23.3. The van der Waals surface area contributed by atoms with Crippen molar-refractivity contribution in [3.63, 3.8) is 0 Å². The summed E-state index contributed by atoms with van der Waals surface area (Å²) in [5, 5.41) is -0.357. The molecule has 2 unspecified atom stereocenters. The van der Waals surface area contributed by atoms with Gasteiger partial charge in [-0.05, 0) is 42.0 Å². The van der Waals surface area contributed by atoms with Gasteiger partial charge in [-0.3, -0.25) is 0 Å². The van der Waals surface area contributed by atoms with Crippen LogP contribution < -0.4 is 9.46 Å². The second kappa shape index (κ2) is 10.3. The van der Waals surface area contributed by atoms with Crippen molar-refractivity contribution in [3.8, 4) is 11.5 Å². The van der Waals surface area contributed by atoms with Gasteiger partial charge in [-0.1, -0.05) is 48.5 Å². The molecule has 4 rings (SSSR count). The zero-order valence-corrected chi connectivity index (χ0v) is 19.4. The predicted octanol–water partition coefficient (Wildman–Crippen LogP) is 4.08. The molecule has 0 aromatic heterocycles. The number of para-hydroxylation sites is 1. The van der Waals surface area contributed by atoms with Crippen LogP contribution in [0.25, 0.3) is 0 Å². The summed E-state index contributed by atoms with van der Waals surface area (Å²) in [6.07, 6.45) is -0.498. The summed E-state index contributed by atoms with van der Waals surface area (Å²) in [5.74, 6) is 1.19. The van der Waals surface area contributed by atoms with E-state index in [4.69, 9.17) is 9.47 Å². The maximum absolute atomic E-state index is 12.9. The van der Waals surface area contributed by atoms with Crippen LogP contribution in [0.1, 0.15) is 5.56 Å². The molecule has 1 amide bonds. The summed E-state index contributed by atoms with van der Waals surface area (Å²) in [7, 11) is -3.80.